The van der Waals surface area contributed by atoms with Crippen LogP contribution in [0.1, 0.15) is 19.4 Å². The summed E-state index contributed by atoms with van der Waals surface area (Å²) in [5.41, 5.74) is 2.16. The number of nitrogens with one attached hydrogen (secondary N) is 2. The highest BCUT2D eigenvalue weighted by atomic mass is 35.5. The number of carbonyl (C=O) groups excluding carboxylic acids is 2. The summed E-state index contributed by atoms with van der Waals surface area (Å²) in [7, 11) is 0. The summed E-state index contributed by atoms with van der Waals surface area (Å²) in [4.78, 5) is 25.9. The van der Waals surface area contributed by atoms with E-state index in [1.807, 2.05) is 36.9 Å². The van der Waals surface area contributed by atoms with Crippen LogP contribution >= 0.6 is 11.6 Å². The van der Waals surface area contributed by atoms with E-state index in [0.29, 0.717) is 48.5 Å². The molecular formula is C23H26ClN3O4. The zero-order valence-corrected chi connectivity index (χ0v) is 18.4. The summed E-state index contributed by atoms with van der Waals surface area (Å²) in [6.45, 7) is 6.41. The highest BCUT2D eigenvalue weighted by molar-refractivity contribution is 6.33. The van der Waals surface area contributed by atoms with E-state index in [1.54, 1.807) is 24.3 Å². The first-order chi connectivity index (χ1) is 15.0. The summed E-state index contributed by atoms with van der Waals surface area (Å²) in [6, 6.07) is 10.8. The molecule has 0 radical (unpaired) electrons. The average Bonchev–Trinajstić information content (AvgIpc) is 2.74. The zero-order valence-electron chi connectivity index (χ0n) is 17.6. The van der Waals surface area contributed by atoms with Gasteiger partial charge in [-0.05, 0) is 55.8 Å². The second-order valence-electron chi connectivity index (χ2n) is 6.83. The van der Waals surface area contributed by atoms with Gasteiger partial charge in [-0.25, -0.2) is 0 Å². The minimum Gasteiger partial charge on any atom is -0.490 e. The van der Waals surface area contributed by atoms with Crippen molar-refractivity contribution in [1.82, 2.24) is 5.32 Å². The molecule has 3 rings (SSSR count). The number of amides is 2. The number of halogens is 1. The van der Waals surface area contributed by atoms with Gasteiger partial charge in [0.25, 0.3) is 0 Å². The normalized spacial score (nSPS) is 13.8. The van der Waals surface area contributed by atoms with Gasteiger partial charge in [0, 0.05) is 24.9 Å². The highest BCUT2D eigenvalue weighted by Crippen LogP contribution is 2.30. The molecule has 1 aliphatic rings. The van der Waals surface area contributed by atoms with Gasteiger partial charge in [-0.1, -0.05) is 17.7 Å². The van der Waals surface area contributed by atoms with Crippen LogP contribution in [0.2, 0.25) is 5.02 Å². The number of ether oxygens (including phenoxy) is 2. The molecule has 1 saturated heterocycles. The molecule has 0 aromatic heterocycles. The van der Waals surface area contributed by atoms with E-state index >= 15 is 0 Å². The van der Waals surface area contributed by atoms with Crippen LogP contribution in [0, 0.1) is 0 Å². The highest BCUT2D eigenvalue weighted by Gasteiger charge is 2.18. The van der Waals surface area contributed by atoms with Crippen molar-refractivity contribution in [2.24, 2.45) is 0 Å². The molecule has 8 heteroatoms. The number of hydrogen-bond acceptors (Lipinski definition) is 5. The minimum atomic E-state index is -0.284. The molecule has 0 aliphatic carbocycles. The van der Waals surface area contributed by atoms with Crippen molar-refractivity contribution >= 4 is 40.9 Å². The fourth-order valence-corrected chi connectivity index (χ4v) is 3.51. The van der Waals surface area contributed by atoms with Crippen molar-refractivity contribution in [3.8, 4) is 11.5 Å². The van der Waals surface area contributed by atoms with Gasteiger partial charge in [0.2, 0.25) is 11.8 Å². The molecule has 31 heavy (non-hydrogen) atoms. The van der Waals surface area contributed by atoms with Crippen LogP contribution in [-0.2, 0) is 9.59 Å². The first-order valence-corrected chi connectivity index (χ1v) is 10.6. The molecule has 1 heterocycles. The molecule has 0 unspecified atom stereocenters. The van der Waals surface area contributed by atoms with Crippen LogP contribution in [0.4, 0.5) is 11.4 Å². The lowest BCUT2D eigenvalue weighted by Crippen LogP contribution is -2.47. The standard InChI is InChI=1S/C23H26ClN3O4/c1-3-30-20-9-5-16(13-21(20)31-4-2)6-10-22(28)26-17-7-8-19(18(24)14-17)27-12-11-25-23(29)15-27/h5-10,13-14H,3-4,11-12,15H2,1-2H3,(H,25,29)(H,26,28). The Bertz CT molecular complexity index is 977. The summed E-state index contributed by atoms with van der Waals surface area (Å²) in [5.74, 6) is 0.993. The molecule has 2 aromatic rings. The number of hydrogen-bond donors (Lipinski definition) is 2. The van der Waals surface area contributed by atoms with E-state index in [9.17, 15) is 9.59 Å². The van der Waals surface area contributed by atoms with Gasteiger partial charge in [0.1, 0.15) is 0 Å². The minimum absolute atomic E-state index is 0.0355. The summed E-state index contributed by atoms with van der Waals surface area (Å²) >= 11 is 6.39. The van der Waals surface area contributed by atoms with Crippen molar-refractivity contribution in [3.05, 3.63) is 53.1 Å². The quantitative estimate of drug-likeness (QED) is 0.608. The molecule has 2 aromatic carbocycles. The molecule has 2 N–H and O–H groups in total. The van der Waals surface area contributed by atoms with Crippen LogP contribution in [0.3, 0.4) is 0 Å². The van der Waals surface area contributed by atoms with Crippen LogP contribution in [0.25, 0.3) is 6.08 Å². The average molecular weight is 444 g/mol. The van der Waals surface area contributed by atoms with Gasteiger partial charge in [-0.3, -0.25) is 9.59 Å². The van der Waals surface area contributed by atoms with Crippen LogP contribution in [0.15, 0.2) is 42.5 Å². The Hall–Kier alpha value is -3.19. The second-order valence-corrected chi connectivity index (χ2v) is 7.24. The van der Waals surface area contributed by atoms with Crippen LogP contribution in [-0.4, -0.2) is 44.7 Å². The predicted molar refractivity (Wildman–Crippen MR) is 123 cm³/mol. The van der Waals surface area contributed by atoms with Gasteiger partial charge >= 0.3 is 0 Å². The number of nitrogens with zero attached hydrogens (tertiary/aromatic N) is 1. The third kappa shape index (κ3) is 6.15. The van der Waals surface area contributed by atoms with E-state index in [-0.39, 0.29) is 18.4 Å². The maximum absolute atomic E-state index is 12.3. The van der Waals surface area contributed by atoms with E-state index in [1.165, 1.54) is 6.08 Å². The Morgan fingerprint density at radius 3 is 2.65 bits per heavy atom. The molecule has 0 atom stereocenters. The lowest BCUT2D eigenvalue weighted by atomic mass is 10.2. The summed E-state index contributed by atoms with van der Waals surface area (Å²) in [5, 5.41) is 6.06. The summed E-state index contributed by atoms with van der Waals surface area (Å²) in [6.07, 6.45) is 3.15. The monoisotopic (exact) mass is 443 g/mol. The first-order valence-electron chi connectivity index (χ1n) is 10.2. The predicted octanol–water partition coefficient (Wildman–Crippen LogP) is 3.73. The number of anilines is 2. The van der Waals surface area contributed by atoms with Gasteiger partial charge < -0.3 is 25.0 Å². The lowest BCUT2D eigenvalue weighted by Gasteiger charge is -2.29. The first kappa shape index (κ1) is 22.5. The maximum atomic E-state index is 12.3. The van der Waals surface area contributed by atoms with E-state index in [0.717, 1.165) is 11.3 Å². The fraction of sp³-hybridized carbons (Fsp3) is 0.304. The number of rotatable bonds is 8. The van der Waals surface area contributed by atoms with Crippen molar-refractivity contribution in [2.45, 2.75) is 13.8 Å². The fourth-order valence-electron chi connectivity index (χ4n) is 3.21. The Labute approximate surface area is 187 Å². The van der Waals surface area contributed by atoms with Crippen molar-refractivity contribution < 1.29 is 19.1 Å². The third-order valence-electron chi connectivity index (χ3n) is 4.59. The van der Waals surface area contributed by atoms with Crippen molar-refractivity contribution in [1.29, 1.82) is 0 Å². The summed E-state index contributed by atoms with van der Waals surface area (Å²) < 4.78 is 11.2. The SMILES string of the molecule is CCOc1ccc(C=CC(=O)Nc2ccc(N3CCNC(=O)C3)c(Cl)c2)cc1OCC. The second kappa shape index (κ2) is 10.7. The molecule has 0 spiro atoms. The molecule has 0 saturated carbocycles. The molecule has 0 bridgehead atoms. The molecule has 2 amide bonds. The molecule has 1 aliphatic heterocycles. The molecule has 7 nitrogen and oxygen atoms in total. The van der Waals surface area contributed by atoms with Gasteiger partial charge in [0.15, 0.2) is 11.5 Å². The number of piperazine rings is 1. The van der Waals surface area contributed by atoms with E-state index in [2.05, 4.69) is 10.6 Å². The zero-order chi connectivity index (χ0) is 22.2. The van der Waals surface area contributed by atoms with Gasteiger partial charge in [0.05, 0.1) is 30.5 Å². The smallest absolute Gasteiger partial charge is 0.248 e. The Kier molecular flexibility index (Phi) is 7.78. The Morgan fingerprint density at radius 2 is 1.94 bits per heavy atom. The molecule has 1 fully saturated rings. The third-order valence-corrected chi connectivity index (χ3v) is 4.89. The Morgan fingerprint density at radius 1 is 1.16 bits per heavy atom. The largest absolute Gasteiger partial charge is 0.490 e. The van der Waals surface area contributed by atoms with Crippen molar-refractivity contribution in [2.75, 3.05) is 43.1 Å². The van der Waals surface area contributed by atoms with Gasteiger partial charge in [-0.2, -0.15) is 0 Å². The number of benzene rings is 2. The molecule has 164 valence electrons. The van der Waals surface area contributed by atoms with Crippen LogP contribution in [0.5, 0.6) is 11.5 Å². The van der Waals surface area contributed by atoms with E-state index in [4.69, 9.17) is 21.1 Å². The lowest BCUT2D eigenvalue weighted by molar-refractivity contribution is -0.120. The Balaban J connectivity index is 1.65. The van der Waals surface area contributed by atoms with E-state index < -0.39 is 0 Å². The van der Waals surface area contributed by atoms with Gasteiger partial charge in [-0.15, -0.1) is 0 Å². The van der Waals surface area contributed by atoms with Crippen molar-refractivity contribution in [3.63, 3.8) is 0 Å². The maximum Gasteiger partial charge on any atom is 0.248 e. The topological polar surface area (TPSA) is 79.9 Å². The number of carbonyl (C=O) groups is 2. The molecular weight excluding hydrogens is 418 g/mol. The van der Waals surface area contributed by atoms with Crippen LogP contribution < -0.4 is 25.0 Å².